The maximum absolute atomic E-state index is 14.9. The number of thioether (sulfide) groups is 2. The number of carbonyl (C=O) groups is 5. The van der Waals surface area contributed by atoms with E-state index in [-0.39, 0.29) is 52.6 Å². The summed E-state index contributed by atoms with van der Waals surface area (Å²) in [6, 6.07) is 4.80. The van der Waals surface area contributed by atoms with Gasteiger partial charge in [-0.3, -0.25) is 29.0 Å². The first-order chi connectivity index (χ1) is 28.7. The van der Waals surface area contributed by atoms with Gasteiger partial charge >= 0.3 is 0 Å². The Kier molecular flexibility index (Phi) is 18.1. The number of nitrogens with one attached hydrogen (secondary N) is 5. The summed E-state index contributed by atoms with van der Waals surface area (Å²) >= 11 is 5.18. The molecule has 0 aliphatic carbocycles. The molecule has 2 aliphatic heterocycles. The summed E-state index contributed by atoms with van der Waals surface area (Å²) in [6.45, 7) is 23.6. The summed E-state index contributed by atoms with van der Waals surface area (Å²) in [5.41, 5.74) is -0.571. The lowest BCUT2D eigenvalue weighted by Gasteiger charge is -2.38. The standard InChI is InChI=1S/C45H70N8O5S3/c1-13-59-32(60-14-2)24-30(43-46-21-23-61-43)48-40(56)34(28(6)29-18-16-15-17-19-29)50-42(58)37(45(10,11)12)51-38-36(44(7,8)9)52-39(55)33(26(3)4)49-41(57)35-27(5)20-22-53(35)31(54)25-47-38/h15-19,21,23,26-28,30,32-37H,13-14,20,22,24-25H2,1-12H3,(H,47,51)(H,48,56)(H,49,57)(H,50,58)(H,52,55)/t27-,28+,30-,33+,34?,35+,36?,37?/m1/s1. The van der Waals surface area contributed by atoms with Gasteiger partial charge in [0.1, 0.15) is 35.0 Å². The number of thiazole rings is 1. The van der Waals surface area contributed by atoms with Gasteiger partial charge in [-0.25, -0.2) is 4.98 Å². The van der Waals surface area contributed by atoms with Crippen LogP contribution >= 0.6 is 34.9 Å². The smallest absolute Gasteiger partial charge is 0.246 e. The average molecular weight is 899 g/mol. The second kappa shape index (κ2) is 22.1. The molecule has 3 unspecified atom stereocenters. The van der Waals surface area contributed by atoms with Gasteiger partial charge in [-0.15, -0.1) is 34.9 Å². The Morgan fingerprint density at radius 1 is 0.951 bits per heavy atom. The minimum Gasteiger partial charge on any atom is -0.363 e. The summed E-state index contributed by atoms with van der Waals surface area (Å²) in [6.07, 6.45) is 3.06. The Balaban J connectivity index is 1.78. The third kappa shape index (κ3) is 13.4. The van der Waals surface area contributed by atoms with Crippen molar-refractivity contribution in [2.24, 2.45) is 27.7 Å². The molecule has 8 atom stereocenters. The van der Waals surface area contributed by atoms with Crippen LogP contribution in [0, 0.1) is 22.7 Å². The summed E-state index contributed by atoms with van der Waals surface area (Å²) in [4.78, 5) is 82.8. The van der Waals surface area contributed by atoms with E-state index in [0.717, 1.165) is 22.1 Å². The number of benzene rings is 1. The van der Waals surface area contributed by atoms with Crippen LogP contribution in [-0.4, -0.2) is 105 Å². The highest BCUT2D eigenvalue weighted by Gasteiger charge is 2.44. The van der Waals surface area contributed by atoms with Crippen molar-refractivity contribution in [2.45, 2.75) is 143 Å². The zero-order valence-corrected chi connectivity index (χ0v) is 40.6. The number of nitrogens with zero attached hydrogens (tertiary/aromatic N) is 3. The zero-order chi connectivity index (χ0) is 45.2. The molecule has 2 aromatic rings. The Bertz CT molecular complexity index is 1810. The molecule has 3 heterocycles. The highest BCUT2D eigenvalue weighted by Crippen LogP contribution is 2.34. The van der Waals surface area contributed by atoms with Gasteiger partial charge in [0.05, 0.1) is 23.2 Å². The molecule has 13 nitrogen and oxygen atoms in total. The number of hydrogen-bond acceptors (Lipinski definition) is 10. The highest BCUT2D eigenvalue weighted by molar-refractivity contribution is 8.16. The van der Waals surface area contributed by atoms with E-state index in [2.05, 4.69) is 45.4 Å². The van der Waals surface area contributed by atoms with Crippen molar-refractivity contribution in [1.82, 2.24) is 36.5 Å². The fourth-order valence-electron chi connectivity index (χ4n) is 7.84. The van der Waals surface area contributed by atoms with Gasteiger partial charge in [-0.1, -0.05) is 113 Å². The second-order valence-electron chi connectivity index (χ2n) is 18.7. The summed E-state index contributed by atoms with van der Waals surface area (Å²) < 4.78 is 0.235. The second-order valence-corrected chi connectivity index (χ2v) is 22.8. The highest BCUT2D eigenvalue weighted by atomic mass is 32.2. The van der Waals surface area contributed by atoms with Gasteiger partial charge in [0, 0.05) is 24.0 Å². The third-order valence-electron chi connectivity index (χ3n) is 11.3. The average Bonchev–Trinajstić information content (AvgIpc) is 3.87. The normalized spacial score (nSPS) is 23.2. The van der Waals surface area contributed by atoms with Gasteiger partial charge < -0.3 is 31.5 Å². The van der Waals surface area contributed by atoms with Gasteiger partial charge in [0.15, 0.2) is 0 Å². The maximum atomic E-state index is 14.9. The molecule has 0 spiro atoms. The van der Waals surface area contributed by atoms with E-state index in [1.807, 2.05) is 128 Å². The van der Waals surface area contributed by atoms with E-state index < -0.39 is 58.8 Å². The van der Waals surface area contributed by atoms with Crippen molar-refractivity contribution in [1.29, 1.82) is 0 Å². The van der Waals surface area contributed by atoms with Crippen LogP contribution in [-0.2, 0) is 24.0 Å². The molecule has 2 saturated heterocycles. The first-order valence-corrected chi connectivity index (χ1v) is 24.7. The summed E-state index contributed by atoms with van der Waals surface area (Å²) in [7, 11) is 0. The molecule has 5 amide bonds. The number of amides is 5. The quantitative estimate of drug-likeness (QED) is 0.132. The molecule has 1 aromatic heterocycles. The van der Waals surface area contributed by atoms with E-state index in [1.54, 1.807) is 11.1 Å². The van der Waals surface area contributed by atoms with Gasteiger partial charge in [0.25, 0.3) is 0 Å². The van der Waals surface area contributed by atoms with Crippen LogP contribution in [0.15, 0.2) is 46.9 Å². The van der Waals surface area contributed by atoms with Crippen molar-refractivity contribution >= 4 is 70.2 Å². The van der Waals surface area contributed by atoms with Crippen LogP contribution in [0.4, 0.5) is 0 Å². The predicted octanol–water partition coefficient (Wildman–Crippen LogP) is 6.14. The molecule has 338 valence electrons. The Morgan fingerprint density at radius 2 is 1.61 bits per heavy atom. The molecule has 16 heteroatoms. The van der Waals surface area contributed by atoms with E-state index in [9.17, 15) is 24.0 Å². The van der Waals surface area contributed by atoms with Crippen LogP contribution in [0.1, 0.15) is 118 Å². The number of aromatic nitrogens is 1. The van der Waals surface area contributed by atoms with Gasteiger partial charge in [-0.05, 0) is 52.6 Å². The molecule has 4 rings (SSSR count). The van der Waals surface area contributed by atoms with Crippen LogP contribution in [0.25, 0.3) is 0 Å². The molecule has 1 aromatic carbocycles. The first-order valence-electron chi connectivity index (χ1n) is 21.7. The van der Waals surface area contributed by atoms with Crippen molar-refractivity contribution in [3.8, 4) is 0 Å². The molecule has 61 heavy (non-hydrogen) atoms. The molecule has 2 aliphatic rings. The Hall–Kier alpha value is -3.63. The number of aliphatic imine (C=N–C) groups is 1. The molecule has 0 bridgehead atoms. The van der Waals surface area contributed by atoms with Gasteiger partial charge in [0.2, 0.25) is 29.5 Å². The molecule has 2 fully saturated rings. The van der Waals surface area contributed by atoms with Crippen LogP contribution in [0.5, 0.6) is 0 Å². The lowest BCUT2D eigenvalue weighted by atomic mass is 9.83. The molecule has 0 saturated carbocycles. The Morgan fingerprint density at radius 3 is 2.16 bits per heavy atom. The van der Waals surface area contributed by atoms with Gasteiger partial charge in [-0.2, -0.15) is 0 Å². The topological polar surface area (TPSA) is 174 Å². The molecule has 5 N–H and O–H groups in total. The van der Waals surface area contributed by atoms with E-state index in [0.29, 0.717) is 19.4 Å². The SMILES string of the molecule is CCSC(C[C@@H](NC(=O)C(NC(=O)C(/N=C1\NCC(=O)N2CC[C@@H](C)[C@H]2C(=O)N[C@@H](C(C)C)C(=O)NC1C(C)(C)C)C(C)(C)C)[C@@H](C)c1ccccc1)c1nccs1)SCC. The van der Waals surface area contributed by atoms with Crippen molar-refractivity contribution in [2.75, 3.05) is 24.6 Å². The zero-order valence-electron chi connectivity index (χ0n) is 38.2. The van der Waals surface area contributed by atoms with E-state index >= 15 is 0 Å². The van der Waals surface area contributed by atoms with Crippen LogP contribution in [0.3, 0.4) is 0 Å². The number of rotatable bonds is 15. The van der Waals surface area contributed by atoms with Crippen molar-refractivity contribution in [3.05, 3.63) is 52.5 Å². The molecule has 0 radical (unpaired) electrons. The van der Waals surface area contributed by atoms with E-state index in [4.69, 9.17) is 4.99 Å². The monoisotopic (exact) mass is 898 g/mol. The minimum atomic E-state index is -1.07. The number of carbonyl (C=O) groups excluding carboxylic acids is 5. The number of hydrogen-bond donors (Lipinski definition) is 5. The summed E-state index contributed by atoms with van der Waals surface area (Å²) in [5, 5.41) is 18.5. The largest absolute Gasteiger partial charge is 0.363 e. The molecular formula is C45H70N8O5S3. The predicted molar refractivity (Wildman–Crippen MR) is 251 cm³/mol. The lowest BCUT2D eigenvalue weighted by Crippen LogP contribution is -2.63. The number of amidine groups is 1. The van der Waals surface area contributed by atoms with Crippen LogP contribution in [0.2, 0.25) is 0 Å². The lowest BCUT2D eigenvalue weighted by molar-refractivity contribution is -0.140. The number of fused-ring (bicyclic) bond motifs is 1. The summed E-state index contributed by atoms with van der Waals surface area (Å²) in [5.74, 6) is -0.492. The Labute approximate surface area is 376 Å². The third-order valence-corrected chi connectivity index (χ3v) is 14.8. The fraction of sp³-hybridized carbons (Fsp3) is 0.667. The van der Waals surface area contributed by atoms with E-state index in [1.165, 1.54) is 11.3 Å². The maximum Gasteiger partial charge on any atom is 0.246 e. The fourth-order valence-corrected chi connectivity index (χ4v) is 11.1. The first kappa shape index (κ1) is 50.0. The molecular weight excluding hydrogens is 829 g/mol. The van der Waals surface area contributed by atoms with Crippen LogP contribution < -0.4 is 26.6 Å². The van der Waals surface area contributed by atoms with Crippen molar-refractivity contribution in [3.63, 3.8) is 0 Å². The minimum absolute atomic E-state index is 0.0978. The van der Waals surface area contributed by atoms with Crippen molar-refractivity contribution < 1.29 is 24.0 Å².